The fraction of sp³-hybridized carbons (Fsp3) is 0.190. The zero-order chi connectivity index (χ0) is 18.8. The number of aryl methyl sites for hydroxylation is 2. The summed E-state index contributed by atoms with van der Waals surface area (Å²) in [6.07, 6.45) is 4.50. The predicted octanol–water partition coefficient (Wildman–Crippen LogP) is 5.09. The Morgan fingerprint density at radius 3 is 2.63 bits per heavy atom. The maximum Gasteiger partial charge on any atom is 0.142 e. The second kappa shape index (κ2) is 7.15. The maximum atomic E-state index is 13.7. The topological polar surface area (TPSA) is 55.6 Å². The van der Waals surface area contributed by atoms with Crippen LogP contribution in [0.3, 0.4) is 0 Å². The van der Waals surface area contributed by atoms with Crippen LogP contribution in [0.2, 0.25) is 0 Å². The summed E-state index contributed by atoms with van der Waals surface area (Å²) in [5.74, 6) is 1.28. The molecule has 1 aromatic carbocycles. The fourth-order valence-corrected chi connectivity index (χ4v) is 3.06. The van der Waals surface area contributed by atoms with E-state index in [1.165, 1.54) is 12.1 Å². The zero-order valence-corrected chi connectivity index (χ0v) is 15.3. The molecule has 0 aliphatic rings. The Balaban J connectivity index is 1.67. The van der Waals surface area contributed by atoms with E-state index in [1.54, 1.807) is 18.5 Å². The van der Waals surface area contributed by atoms with Gasteiger partial charge in [-0.25, -0.2) is 14.4 Å². The maximum absolute atomic E-state index is 13.7. The van der Waals surface area contributed by atoms with Crippen LogP contribution in [0.4, 0.5) is 15.9 Å². The van der Waals surface area contributed by atoms with Crippen LogP contribution < -0.4 is 5.32 Å². The van der Waals surface area contributed by atoms with Crippen molar-refractivity contribution in [2.24, 2.45) is 0 Å². The molecule has 0 saturated carbocycles. The lowest BCUT2D eigenvalue weighted by molar-refractivity contribution is 0.627. The van der Waals surface area contributed by atoms with Gasteiger partial charge in [-0.05, 0) is 55.8 Å². The predicted molar refractivity (Wildman–Crippen MR) is 105 cm³/mol. The first-order valence-electron chi connectivity index (χ1n) is 8.96. The Bertz CT molecular complexity index is 1070. The summed E-state index contributed by atoms with van der Waals surface area (Å²) in [6, 6.07) is 12.5. The van der Waals surface area contributed by atoms with Crippen molar-refractivity contribution in [3.8, 4) is 11.4 Å². The molecule has 0 aliphatic heterocycles. The molecular weight excluding hydrogens is 341 g/mol. The van der Waals surface area contributed by atoms with E-state index in [4.69, 9.17) is 4.98 Å². The average Bonchev–Trinajstić information content (AvgIpc) is 3.02. The van der Waals surface area contributed by atoms with Gasteiger partial charge in [-0.3, -0.25) is 4.98 Å². The van der Waals surface area contributed by atoms with Crippen molar-refractivity contribution in [2.75, 3.05) is 5.32 Å². The second-order valence-corrected chi connectivity index (χ2v) is 6.47. The molecule has 1 N–H and O–H groups in total. The van der Waals surface area contributed by atoms with Crippen molar-refractivity contribution >= 4 is 22.5 Å². The molecule has 6 heteroatoms. The SMILES string of the molecule is CCCn1c(-c2ccc(Nc3ccc(C)nc3)nc2)nc2ccc(F)cc21. The molecule has 136 valence electrons. The van der Waals surface area contributed by atoms with Gasteiger partial charge < -0.3 is 9.88 Å². The molecule has 3 heterocycles. The molecule has 4 aromatic rings. The molecule has 3 aromatic heterocycles. The monoisotopic (exact) mass is 361 g/mol. The lowest BCUT2D eigenvalue weighted by Crippen LogP contribution is -2.01. The molecule has 5 nitrogen and oxygen atoms in total. The standard InChI is InChI=1S/C21H20FN5/c1-3-10-27-19-11-16(22)6-8-18(19)26-21(27)15-5-9-20(24-12-15)25-17-7-4-14(2)23-13-17/h4-9,11-13H,3,10H2,1-2H3,(H,24,25). The number of imidazole rings is 1. The molecule has 4 rings (SSSR count). The normalized spacial score (nSPS) is 11.1. The summed E-state index contributed by atoms with van der Waals surface area (Å²) in [5, 5.41) is 3.23. The van der Waals surface area contributed by atoms with Crippen LogP contribution in [0.25, 0.3) is 22.4 Å². The fourth-order valence-electron chi connectivity index (χ4n) is 3.06. The van der Waals surface area contributed by atoms with Crippen molar-refractivity contribution in [3.05, 3.63) is 66.4 Å². The molecule has 0 radical (unpaired) electrons. The molecule has 0 atom stereocenters. The highest BCUT2D eigenvalue weighted by atomic mass is 19.1. The number of benzene rings is 1. The van der Waals surface area contributed by atoms with Gasteiger partial charge >= 0.3 is 0 Å². The second-order valence-electron chi connectivity index (χ2n) is 6.47. The van der Waals surface area contributed by atoms with E-state index in [-0.39, 0.29) is 5.82 Å². The molecule has 0 fully saturated rings. The third kappa shape index (κ3) is 3.51. The van der Waals surface area contributed by atoms with E-state index in [0.29, 0.717) is 0 Å². The summed E-state index contributed by atoms with van der Waals surface area (Å²) in [6.45, 7) is 4.81. The Hall–Kier alpha value is -3.28. The largest absolute Gasteiger partial charge is 0.339 e. The Labute approximate surface area is 156 Å². The Morgan fingerprint density at radius 1 is 1.04 bits per heavy atom. The first-order chi connectivity index (χ1) is 13.1. The number of nitrogens with one attached hydrogen (secondary N) is 1. The highest BCUT2D eigenvalue weighted by Crippen LogP contribution is 2.26. The summed E-state index contributed by atoms with van der Waals surface area (Å²) >= 11 is 0. The third-order valence-electron chi connectivity index (χ3n) is 4.36. The first kappa shape index (κ1) is 17.1. The van der Waals surface area contributed by atoms with Gasteiger partial charge in [0.15, 0.2) is 0 Å². The molecule has 0 unspecified atom stereocenters. The summed E-state index contributed by atoms with van der Waals surface area (Å²) in [7, 11) is 0. The summed E-state index contributed by atoms with van der Waals surface area (Å²) in [4.78, 5) is 13.5. The number of rotatable bonds is 5. The molecule has 0 saturated heterocycles. The van der Waals surface area contributed by atoms with Crippen molar-refractivity contribution in [1.29, 1.82) is 0 Å². The van der Waals surface area contributed by atoms with Gasteiger partial charge in [-0.2, -0.15) is 0 Å². The molecule has 0 aliphatic carbocycles. The van der Waals surface area contributed by atoms with Gasteiger partial charge in [0.2, 0.25) is 0 Å². The number of hydrogen-bond acceptors (Lipinski definition) is 4. The third-order valence-corrected chi connectivity index (χ3v) is 4.36. The van der Waals surface area contributed by atoms with E-state index in [9.17, 15) is 4.39 Å². The lowest BCUT2D eigenvalue weighted by Gasteiger charge is -2.09. The summed E-state index contributed by atoms with van der Waals surface area (Å²) in [5.41, 5.74) is 4.34. The number of nitrogens with zero attached hydrogens (tertiary/aromatic N) is 4. The quantitative estimate of drug-likeness (QED) is 0.538. The van der Waals surface area contributed by atoms with Crippen LogP contribution in [0.1, 0.15) is 19.0 Å². The van der Waals surface area contributed by atoms with E-state index >= 15 is 0 Å². The minimum atomic E-state index is -0.254. The van der Waals surface area contributed by atoms with E-state index in [1.807, 2.05) is 35.8 Å². The zero-order valence-electron chi connectivity index (χ0n) is 15.3. The number of pyridine rings is 2. The number of fused-ring (bicyclic) bond motifs is 1. The van der Waals surface area contributed by atoms with Gasteiger partial charge in [0, 0.05) is 24.0 Å². The van der Waals surface area contributed by atoms with Crippen LogP contribution in [0.5, 0.6) is 0 Å². The smallest absolute Gasteiger partial charge is 0.142 e. The molecule has 0 bridgehead atoms. The van der Waals surface area contributed by atoms with E-state index in [2.05, 4.69) is 22.2 Å². The average molecular weight is 361 g/mol. The van der Waals surface area contributed by atoms with Gasteiger partial charge in [-0.15, -0.1) is 0 Å². The summed E-state index contributed by atoms with van der Waals surface area (Å²) < 4.78 is 15.7. The highest BCUT2D eigenvalue weighted by molar-refractivity contribution is 5.80. The van der Waals surface area contributed by atoms with Gasteiger partial charge in [-0.1, -0.05) is 6.92 Å². The van der Waals surface area contributed by atoms with E-state index < -0.39 is 0 Å². The van der Waals surface area contributed by atoms with Crippen LogP contribution >= 0.6 is 0 Å². The number of halogens is 1. The van der Waals surface area contributed by atoms with Crippen LogP contribution in [-0.4, -0.2) is 19.5 Å². The van der Waals surface area contributed by atoms with Crippen molar-refractivity contribution in [1.82, 2.24) is 19.5 Å². The van der Waals surface area contributed by atoms with Gasteiger partial charge in [0.25, 0.3) is 0 Å². The minimum Gasteiger partial charge on any atom is -0.339 e. The van der Waals surface area contributed by atoms with Crippen LogP contribution in [0.15, 0.2) is 54.9 Å². The number of anilines is 2. The Morgan fingerprint density at radius 2 is 1.93 bits per heavy atom. The Kier molecular flexibility index (Phi) is 4.54. The molecule has 0 amide bonds. The van der Waals surface area contributed by atoms with Crippen LogP contribution in [0, 0.1) is 12.7 Å². The van der Waals surface area contributed by atoms with Gasteiger partial charge in [0.05, 0.1) is 22.9 Å². The van der Waals surface area contributed by atoms with Crippen molar-refractivity contribution in [2.45, 2.75) is 26.8 Å². The van der Waals surface area contributed by atoms with E-state index in [0.717, 1.165) is 52.6 Å². The number of aromatic nitrogens is 4. The van der Waals surface area contributed by atoms with Crippen LogP contribution in [-0.2, 0) is 6.54 Å². The minimum absolute atomic E-state index is 0.254. The van der Waals surface area contributed by atoms with Crippen molar-refractivity contribution < 1.29 is 4.39 Å². The number of hydrogen-bond donors (Lipinski definition) is 1. The highest BCUT2D eigenvalue weighted by Gasteiger charge is 2.13. The van der Waals surface area contributed by atoms with Crippen molar-refractivity contribution in [3.63, 3.8) is 0 Å². The first-order valence-corrected chi connectivity index (χ1v) is 8.96. The molecular formula is C21H20FN5. The lowest BCUT2D eigenvalue weighted by atomic mass is 10.2. The molecule has 0 spiro atoms. The molecule has 27 heavy (non-hydrogen) atoms. The van der Waals surface area contributed by atoms with Gasteiger partial charge in [0.1, 0.15) is 17.5 Å².